The van der Waals surface area contributed by atoms with Crippen LogP contribution in [0.5, 0.6) is 0 Å². The molecule has 1 aromatic rings. The summed E-state index contributed by atoms with van der Waals surface area (Å²) in [6.45, 7) is 0.898. The summed E-state index contributed by atoms with van der Waals surface area (Å²) in [5.74, 6) is 0. The molecule has 1 aromatic carbocycles. The maximum absolute atomic E-state index is 10.6. The molecular weight excluding hydrogens is 244 g/mol. The molecule has 3 rings (SSSR count). The molecule has 2 bridgehead atoms. The summed E-state index contributed by atoms with van der Waals surface area (Å²) in [6.07, 6.45) is 5.30. The lowest BCUT2D eigenvalue weighted by molar-refractivity contribution is -0.384. The van der Waals surface area contributed by atoms with Gasteiger partial charge >= 0.3 is 0 Å². The van der Waals surface area contributed by atoms with Crippen LogP contribution in [0.25, 0.3) is 0 Å². The van der Waals surface area contributed by atoms with Gasteiger partial charge in [-0.15, -0.1) is 0 Å². The number of nitro benzene ring substituents is 1. The Bertz CT molecular complexity index is 460. The monoisotopic (exact) mass is 262 g/mol. The van der Waals surface area contributed by atoms with Crippen molar-refractivity contribution in [2.75, 3.05) is 6.54 Å². The second-order valence-corrected chi connectivity index (χ2v) is 5.34. The standard InChI is InChI=1S/C14H18N2O3/c17-16(18)11-3-1-10(2-4-11)7-8-15-13-9-12-5-6-14(13)19-12/h1-4,12-15H,5-9H2. The number of rotatable bonds is 5. The van der Waals surface area contributed by atoms with Gasteiger partial charge in [-0.2, -0.15) is 0 Å². The molecule has 2 aliphatic heterocycles. The maximum Gasteiger partial charge on any atom is 0.269 e. The van der Waals surface area contributed by atoms with Crippen molar-refractivity contribution in [3.63, 3.8) is 0 Å². The molecule has 102 valence electrons. The van der Waals surface area contributed by atoms with E-state index in [-0.39, 0.29) is 10.6 Å². The van der Waals surface area contributed by atoms with Crippen LogP contribution in [0.3, 0.4) is 0 Å². The molecule has 19 heavy (non-hydrogen) atoms. The minimum atomic E-state index is -0.366. The molecule has 3 atom stereocenters. The molecular formula is C14H18N2O3. The Hall–Kier alpha value is -1.46. The molecule has 1 N–H and O–H groups in total. The van der Waals surface area contributed by atoms with Crippen LogP contribution < -0.4 is 5.32 Å². The van der Waals surface area contributed by atoms with Gasteiger partial charge in [-0.1, -0.05) is 12.1 Å². The average molecular weight is 262 g/mol. The van der Waals surface area contributed by atoms with Crippen molar-refractivity contribution in [2.24, 2.45) is 0 Å². The van der Waals surface area contributed by atoms with Gasteiger partial charge in [0, 0.05) is 18.2 Å². The van der Waals surface area contributed by atoms with Gasteiger partial charge in [-0.3, -0.25) is 10.1 Å². The largest absolute Gasteiger partial charge is 0.373 e. The summed E-state index contributed by atoms with van der Waals surface area (Å²) < 4.78 is 5.79. The van der Waals surface area contributed by atoms with Crippen molar-refractivity contribution < 1.29 is 9.66 Å². The first-order valence-electron chi connectivity index (χ1n) is 6.84. The number of fused-ring (bicyclic) bond motifs is 2. The Morgan fingerprint density at radius 1 is 1.32 bits per heavy atom. The third kappa shape index (κ3) is 2.77. The summed E-state index contributed by atoms with van der Waals surface area (Å²) in [7, 11) is 0. The molecule has 2 fully saturated rings. The molecule has 0 aliphatic carbocycles. The fraction of sp³-hybridized carbons (Fsp3) is 0.571. The minimum Gasteiger partial charge on any atom is -0.373 e. The smallest absolute Gasteiger partial charge is 0.269 e. The van der Waals surface area contributed by atoms with Crippen molar-refractivity contribution >= 4 is 5.69 Å². The summed E-state index contributed by atoms with van der Waals surface area (Å²) in [6, 6.07) is 7.29. The number of nitro groups is 1. The van der Waals surface area contributed by atoms with Crippen LogP contribution in [-0.4, -0.2) is 29.7 Å². The Labute approximate surface area is 112 Å². The molecule has 2 saturated heterocycles. The van der Waals surface area contributed by atoms with Crippen molar-refractivity contribution in [1.29, 1.82) is 0 Å². The summed E-state index contributed by atoms with van der Waals surface area (Å²) in [4.78, 5) is 10.2. The molecule has 0 radical (unpaired) electrons. The van der Waals surface area contributed by atoms with Crippen LogP contribution >= 0.6 is 0 Å². The van der Waals surface area contributed by atoms with E-state index in [9.17, 15) is 10.1 Å². The van der Waals surface area contributed by atoms with E-state index >= 15 is 0 Å². The van der Waals surface area contributed by atoms with Crippen LogP contribution in [0.1, 0.15) is 24.8 Å². The fourth-order valence-electron chi connectivity index (χ4n) is 3.04. The highest BCUT2D eigenvalue weighted by Crippen LogP contribution is 2.34. The number of non-ortho nitro benzene ring substituents is 1. The van der Waals surface area contributed by atoms with Crippen molar-refractivity contribution in [1.82, 2.24) is 5.32 Å². The number of hydrogen-bond donors (Lipinski definition) is 1. The van der Waals surface area contributed by atoms with Crippen molar-refractivity contribution in [2.45, 2.75) is 43.9 Å². The number of ether oxygens (including phenoxy) is 1. The number of nitrogens with one attached hydrogen (secondary N) is 1. The van der Waals surface area contributed by atoms with E-state index < -0.39 is 0 Å². The highest BCUT2D eigenvalue weighted by atomic mass is 16.6. The summed E-state index contributed by atoms with van der Waals surface area (Å²) in [5, 5.41) is 14.1. The zero-order valence-corrected chi connectivity index (χ0v) is 10.7. The zero-order valence-electron chi connectivity index (χ0n) is 10.7. The highest BCUT2D eigenvalue weighted by Gasteiger charge is 2.40. The quantitative estimate of drug-likeness (QED) is 0.651. The zero-order chi connectivity index (χ0) is 13.2. The fourth-order valence-corrected chi connectivity index (χ4v) is 3.04. The first kappa shape index (κ1) is 12.6. The second-order valence-electron chi connectivity index (χ2n) is 5.34. The molecule has 0 aromatic heterocycles. The van der Waals surface area contributed by atoms with Crippen LogP contribution in [0.15, 0.2) is 24.3 Å². The Morgan fingerprint density at radius 3 is 2.68 bits per heavy atom. The summed E-state index contributed by atoms with van der Waals surface area (Å²) >= 11 is 0. The molecule has 0 amide bonds. The van der Waals surface area contributed by atoms with Gasteiger partial charge in [0.05, 0.1) is 17.1 Å². The lowest BCUT2D eigenvalue weighted by Crippen LogP contribution is -2.38. The van der Waals surface area contributed by atoms with E-state index in [4.69, 9.17) is 4.74 Å². The van der Waals surface area contributed by atoms with Gasteiger partial charge in [-0.05, 0) is 37.8 Å². The molecule has 2 heterocycles. The second kappa shape index (κ2) is 5.27. The van der Waals surface area contributed by atoms with Gasteiger partial charge in [0.15, 0.2) is 0 Å². The third-order valence-corrected chi connectivity index (χ3v) is 4.07. The normalized spacial score (nSPS) is 28.7. The van der Waals surface area contributed by atoms with Gasteiger partial charge < -0.3 is 10.1 Å². The Balaban J connectivity index is 1.46. The van der Waals surface area contributed by atoms with Crippen molar-refractivity contribution in [3.8, 4) is 0 Å². The molecule has 5 heteroatoms. The van der Waals surface area contributed by atoms with Gasteiger partial charge in [-0.25, -0.2) is 0 Å². The SMILES string of the molecule is O=[N+]([O-])c1ccc(CCNC2CC3CCC2O3)cc1. The van der Waals surface area contributed by atoms with Crippen molar-refractivity contribution in [3.05, 3.63) is 39.9 Å². The van der Waals surface area contributed by atoms with Gasteiger partial charge in [0.2, 0.25) is 0 Å². The first-order chi connectivity index (χ1) is 9.22. The molecule has 3 unspecified atom stereocenters. The predicted molar refractivity (Wildman–Crippen MR) is 71.1 cm³/mol. The van der Waals surface area contributed by atoms with E-state index in [1.165, 1.54) is 12.8 Å². The Morgan fingerprint density at radius 2 is 2.11 bits per heavy atom. The van der Waals surface area contributed by atoms with Crippen LogP contribution in [0.2, 0.25) is 0 Å². The van der Waals surface area contributed by atoms with Crippen LogP contribution in [0.4, 0.5) is 5.69 Å². The molecule has 0 saturated carbocycles. The van der Waals surface area contributed by atoms with Gasteiger partial charge in [0.1, 0.15) is 0 Å². The number of nitrogens with zero attached hydrogens (tertiary/aromatic N) is 1. The Kier molecular flexibility index (Phi) is 3.48. The maximum atomic E-state index is 10.6. The third-order valence-electron chi connectivity index (χ3n) is 4.07. The minimum absolute atomic E-state index is 0.151. The number of hydrogen-bond acceptors (Lipinski definition) is 4. The van der Waals surface area contributed by atoms with Gasteiger partial charge in [0.25, 0.3) is 5.69 Å². The van der Waals surface area contributed by atoms with E-state index in [0.29, 0.717) is 18.2 Å². The lowest BCUT2D eigenvalue weighted by Gasteiger charge is -2.19. The lowest BCUT2D eigenvalue weighted by atomic mass is 9.95. The van der Waals surface area contributed by atoms with E-state index in [0.717, 1.165) is 24.9 Å². The predicted octanol–water partition coefficient (Wildman–Crippen LogP) is 2.05. The molecule has 0 spiro atoms. The van der Waals surface area contributed by atoms with E-state index in [1.807, 2.05) is 12.1 Å². The summed E-state index contributed by atoms with van der Waals surface area (Å²) in [5.41, 5.74) is 1.28. The topological polar surface area (TPSA) is 64.4 Å². The molecule has 2 aliphatic rings. The average Bonchev–Trinajstić information content (AvgIpc) is 3.02. The van der Waals surface area contributed by atoms with Crippen LogP contribution in [-0.2, 0) is 11.2 Å². The van der Waals surface area contributed by atoms with Crippen LogP contribution in [0, 0.1) is 10.1 Å². The highest BCUT2D eigenvalue weighted by molar-refractivity contribution is 5.32. The van der Waals surface area contributed by atoms with E-state index in [1.54, 1.807) is 12.1 Å². The first-order valence-corrected chi connectivity index (χ1v) is 6.84. The number of benzene rings is 1. The van der Waals surface area contributed by atoms with E-state index in [2.05, 4.69) is 5.32 Å². The molecule has 5 nitrogen and oxygen atoms in total.